The molecule has 0 heterocycles. The Kier molecular flexibility index (Phi) is 4.01. The highest BCUT2D eigenvalue weighted by molar-refractivity contribution is 5.88. The lowest BCUT2D eigenvalue weighted by molar-refractivity contribution is 0.477. The van der Waals surface area contributed by atoms with E-state index in [1.54, 1.807) is 12.3 Å². The first-order valence-corrected chi connectivity index (χ1v) is 7.23. The quantitative estimate of drug-likeness (QED) is 0.666. The van der Waals surface area contributed by atoms with Gasteiger partial charge in [0.1, 0.15) is 11.4 Å². The second-order valence-corrected chi connectivity index (χ2v) is 5.15. The Bertz CT molecular complexity index is 807. The summed E-state index contributed by atoms with van der Waals surface area (Å²) < 4.78 is 0. The minimum absolute atomic E-state index is 0.186. The maximum absolute atomic E-state index is 10.2. The third-order valence-electron chi connectivity index (χ3n) is 3.62. The van der Waals surface area contributed by atoms with Crippen LogP contribution in [0.3, 0.4) is 0 Å². The fraction of sp³-hybridized carbons (Fsp3) is 0.0500. The van der Waals surface area contributed by atoms with E-state index >= 15 is 0 Å². The maximum atomic E-state index is 10.2. The van der Waals surface area contributed by atoms with Gasteiger partial charge in [0.25, 0.3) is 0 Å². The number of phenolic OH excluding ortho intramolecular Hbond substituents is 1. The topological polar surface area (TPSA) is 32.6 Å². The van der Waals surface area contributed by atoms with Gasteiger partial charge in [0.05, 0.1) is 0 Å². The largest absolute Gasteiger partial charge is 0.506 e. The number of aromatic hydroxyl groups is 1. The van der Waals surface area contributed by atoms with Crippen molar-refractivity contribution in [1.29, 1.82) is 0 Å². The summed E-state index contributed by atoms with van der Waals surface area (Å²) >= 11 is 0. The smallest absolute Gasteiger partial charge is 0.141 e. The fourth-order valence-electron chi connectivity index (χ4n) is 2.38. The highest BCUT2D eigenvalue weighted by Crippen LogP contribution is 2.37. The number of para-hydroxylation sites is 1. The Morgan fingerprint density at radius 2 is 1.55 bits per heavy atom. The molecule has 2 heteroatoms. The zero-order valence-corrected chi connectivity index (χ0v) is 12.4. The van der Waals surface area contributed by atoms with E-state index in [4.69, 9.17) is 0 Å². The van der Waals surface area contributed by atoms with Crippen molar-refractivity contribution in [2.75, 3.05) is 0 Å². The molecule has 0 bridgehead atoms. The standard InChI is InChI=1S/C20H17NO/c1-15-8-5-6-11-17(15)14-21-20-18(12-7-13-19(20)22)16-9-3-2-4-10-16/h2-14,22H,1H3. The van der Waals surface area contributed by atoms with Crippen molar-refractivity contribution in [2.45, 2.75) is 6.92 Å². The summed E-state index contributed by atoms with van der Waals surface area (Å²) in [6.07, 6.45) is 1.80. The van der Waals surface area contributed by atoms with Crippen LogP contribution in [-0.4, -0.2) is 11.3 Å². The SMILES string of the molecule is Cc1ccccc1C=Nc1c(O)cccc1-c1ccccc1. The zero-order chi connectivity index (χ0) is 15.4. The lowest BCUT2D eigenvalue weighted by Gasteiger charge is -2.08. The van der Waals surface area contributed by atoms with Crippen molar-refractivity contribution in [1.82, 2.24) is 0 Å². The molecule has 108 valence electrons. The molecule has 0 aliphatic rings. The number of nitrogens with zero attached hydrogens (tertiary/aromatic N) is 1. The van der Waals surface area contributed by atoms with E-state index in [9.17, 15) is 5.11 Å². The van der Waals surface area contributed by atoms with Gasteiger partial charge in [0, 0.05) is 11.8 Å². The van der Waals surface area contributed by atoms with Gasteiger partial charge in [-0.3, -0.25) is 4.99 Å². The van der Waals surface area contributed by atoms with Gasteiger partial charge in [-0.05, 0) is 29.7 Å². The minimum Gasteiger partial charge on any atom is -0.506 e. The molecule has 0 amide bonds. The fourth-order valence-corrected chi connectivity index (χ4v) is 2.38. The van der Waals surface area contributed by atoms with Crippen molar-refractivity contribution in [3.63, 3.8) is 0 Å². The van der Waals surface area contributed by atoms with Crippen LogP contribution in [0.2, 0.25) is 0 Å². The van der Waals surface area contributed by atoms with E-state index in [-0.39, 0.29) is 5.75 Å². The highest BCUT2D eigenvalue weighted by atomic mass is 16.3. The van der Waals surface area contributed by atoms with Gasteiger partial charge in [-0.2, -0.15) is 0 Å². The number of phenols is 1. The molecule has 0 aliphatic heterocycles. The molecule has 0 aliphatic carbocycles. The number of benzene rings is 3. The number of aliphatic imine (C=N–C) groups is 1. The molecule has 3 aromatic carbocycles. The first-order chi connectivity index (χ1) is 10.8. The van der Waals surface area contributed by atoms with Gasteiger partial charge in [-0.25, -0.2) is 0 Å². The summed E-state index contributed by atoms with van der Waals surface area (Å²) in [6.45, 7) is 2.05. The molecule has 0 saturated carbocycles. The first kappa shape index (κ1) is 14.1. The second kappa shape index (κ2) is 6.27. The van der Waals surface area contributed by atoms with Gasteiger partial charge >= 0.3 is 0 Å². The van der Waals surface area contributed by atoms with Crippen LogP contribution >= 0.6 is 0 Å². The van der Waals surface area contributed by atoms with Crippen LogP contribution < -0.4 is 0 Å². The third-order valence-corrected chi connectivity index (χ3v) is 3.62. The number of rotatable bonds is 3. The maximum Gasteiger partial charge on any atom is 0.141 e. The molecule has 0 aromatic heterocycles. The molecule has 0 spiro atoms. The van der Waals surface area contributed by atoms with E-state index in [1.165, 1.54) is 0 Å². The number of hydrogen-bond acceptors (Lipinski definition) is 2. The monoisotopic (exact) mass is 287 g/mol. The predicted octanol–water partition coefficient (Wildman–Crippen LogP) is 5.12. The van der Waals surface area contributed by atoms with Gasteiger partial charge in [-0.15, -0.1) is 0 Å². The summed E-state index contributed by atoms with van der Waals surface area (Å²) in [5.41, 5.74) is 4.76. The van der Waals surface area contributed by atoms with E-state index in [2.05, 4.69) is 4.99 Å². The molecule has 22 heavy (non-hydrogen) atoms. The van der Waals surface area contributed by atoms with Gasteiger partial charge in [0.15, 0.2) is 0 Å². The van der Waals surface area contributed by atoms with E-state index in [1.807, 2.05) is 73.7 Å². The average Bonchev–Trinajstić information content (AvgIpc) is 2.56. The molecule has 0 saturated heterocycles. The van der Waals surface area contributed by atoms with Crippen molar-refractivity contribution < 1.29 is 5.11 Å². The molecular formula is C20H17NO. The zero-order valence-electron chi connectivity index (χ0n) is 12.4. The molecule has 3 aromatic rings. The molecule has 0 fully saturated rings. The Morgan fingerprint density at radius 1 is 0.818 bits per heavy atom. The Morgan fingerprint density at radius 3 is 2.32 bits per heavy atom. The van der Waals surface area contributed by atoms with E-state index in [0.717, 1.165) is 22.3 Å². The van der Waals surface area contributed by atoms with Crippen LogP contribution in [0.4, 0.5) is 5.69 Å². The summed E-state index contributed by atoms with van der Waals surface area (Å²) in [4.78, 5) is 4.54. The Balaban J connectivity index is 2.06. The number of aryl methyl sites for hydroxylation is 1. The Labute approximate surface area is 130 Å². The highest BCUT2D eigenvalue weighted by Gasteiger charge is 2.08. The molecule has 0 unspecified atom stereocenters. The van der Waals surface area contributed by atoms with Crippen LogP contribution in [0.1, 0.15) is 11.1 Å². The van der Waals surface area contributed by atoms with Crippen LogP contribution in [0.15, 0.2) is 77.8 Å². The average molecular weight is 287 g/mol. The molecular weight excluding hydrogens is 270 g/mol. The molecule has 0 atom stereocenters. The first-order valence-electron chi connectivity index (χ1n) is 7.23. The third kappa shape index (κ3) is 2.91. The van der Waals surface area contributed by atoms with E-state index < -0.39 is 0 Å². The molecule has 3 rings (SSSR count). The molecule has 2 nitrogen and oxygen atoms in total. The normalized spacial score (nSPS) is 11.0. The van der Waals surface area contributed by atoms with Crippen molar-refractivity contribution in [3.05, 3.63) is 83.9 Å². The van der Waals surface area contributed by atoms with Gasteiger partial charge in [0.2, 0.25) is 0 Å². The predicted molar refractivity (Wildman–Crippen MR) is 92.0 cm³/mol. The lowest BCUT2D eigenvalue weighted by Crippen LogP contribution is -1.86. The van der Waals surface area contributed by atoms with Crippen molar-refractivity contribution >= 4 is 11.9 Å². The summed E-state index contributed by atoms with van der Waals surface area (Å²) in [6, 6.07) is 23.5. The Hall–Kier alpha value is -2.87. The van der Waals surface area contributed by atoms with Crippen LogP contribution in [0.25, 0.3) is 11.1 Å². The van der Waals surface area contributed by atoms with E-state index in [0.29, 0.717) is 5.69 Å². The van der Waals surface area contributed by atoms with Crippen molar-refractivity contribution in [3.8, 4) is 16.9 Å². The summed E-state index contributed by atoms with van der Waals surface area (Å²) in [5.74, 6) is 0.186. The summed E-state index contributed by atoms with van der Waals surface area (Å²) in [7, 11) is 0. The molecule has 1 N–H and O–H groups in total. The van der Waals surface area contributed by atoms with Crippen molar-refractivity contribution in [2.24, 2.45) is 4.99 Å². The van der Waals surface area contributed by atoms with Crippen LogP contribution in [-0.2, 0) is 0 Å². The summed E-state index contributed by atoms with van der Waals surface area (Å²) in [5, 5.41) is 10.2. The lowest BCUT2D eigenvalue weighted by atomic mass is 10.0. The molecule has 0 radical (unpaired) electrons. The van der Waals surface area contributed by atoms with Crippen LogP contribution in [0.5, 0.6) is 5.75 Å². The van der Waals surface area contributed by atoms with Crippen LogP contribution in [0, 0.1) is 6.92 Å². The minimum atomic E-state index is 0.186. The second-order valence-electron chi connectivity index (χ2n) is 5.15. The van der Waals surface area contributed by atoms with Gasteiger partial charge < -0.3 is 5.11 Å². The number of hydrogen-bond donors (Lipinski definition) is 1. The van der Waals surface area contributed by atoms with Gasteiger partial charge in [-0.1, -0.05) is 66.7 Å².